The predicted molar refractivity (Wildman–Crippen MR) is 134 cm³/mol. The first kappa shape index (κ1) is 27.2. The van der Waals surface area contributed by atoms with Crippen molar-refractivity contribution in [1.82, 2.24) is 10.2 Å². The number of halogens is 3. The number of aryl methyl sites for hydroxylation is 1. The molecule has 33 heavy (non-hydrogen) atoms. The van der Waals surface area contributed by atoms with Crippen LogP contribution < -0.4 is 9.62 Å². The summed E-state index contributed by atoms with van der Waals surface area (Å²) < 4.78 is 26.2. The monoisotopic (exact) mass is 533 g/mol. The van der Waals surface area contributed by atoms with Crippen molar-refractivity contribution in [3.8, 4) is 0 Å². The summed E-state index contributed by atoms with van der Waals surface area (Å²) in [5, 5.41) is 3.80. The van der Waals surface area contributed by atoms with E-state index in [1.807, 2.05) is 0 Å². The molecule has 0 aliphatic rings. The van der Waals surface area contributed by atoms with Gasteiger partial charge in [0.25, 0.3) is 0 Å². The smallest absolute Gasteiger partial charge is 0.244 e. The maximum Gasteiger partial charge on any atom is 0.244 e. The fraction of sp³-hybridized carbons (Fsp3) is 0.364. The summed E-state index contributed by atoms with van der Waals surface area (Å²) >= 11 is 18.1. The minimum atomic E-state index is -3.82. The number of carbonyl (C=O) groups excluding carboxylic acids is 2. The minimum Gasteiger partial charge on any atom is -0.355 e. The molecule has 1 N–H and O–H groups in total. The van der Waals surface area contributed by atoms with Crippen LogP contribution >= 0.6 is 34.8 Å². The van der Waals surface area contributed by atoms with Crippen LogP contribution in [0.25, 0.3) is 0 Å². The molecule has 11 heteroatoms. The Morgan fingerprint density at radius 3 is 2.27 bits per heavy atom. The topological polar surface area (TPSA) is 86.8 Å². The highest BCUT2D eigenvalue weighted by Crippen LogP contribution is 2.27. The molecule has 0 saturated heterocycles. The van der Waals surface area contributed by atoms with Gasteiger partial charge in [0.2, 0.25) is 21.8 Å². The molecule has 0 aliphatic heterocycles. The average molecular weight is 535 g/mol. The van der Waals surface area contributed by atoms with Crippen LogP contribution in [0, 0.1) is 6.92 Å². The molecule has 0 aromatic heterocycles. The lowest BCUT2D eigenvalue weighted by Crippen LogP contribution is -2.51. The number of likely N-dealkylation sites (N-methyl/N-ethyl adjacent to an activating group) is 1. The number of anilines is 1. The van der Waals surface area contributed by atoms with Gasteiger partial charge in [-0.2, -0.15) is 0 Å². The third kappa shape index (κ3) is 7.24. The van der Waals surface area contributed by atoms with Crippen LogP contribution in [0.1, 0.15) is 25.0 Å². The van der Waals surface area contributed by atoms with Crippen LogP contribution in [-0.4, -0.2) is 50.5 Å². The molecule has 0 heterocycles. The second kappa shape index (κ2) is 11.4. The van der Waals surface area contributed by atoms with E-state index < -0.39 is 28.5 Å². The molecule has 0 spiro atoms. The lowest BCUT2D eigenvalue weighted by Gasteiger charge is -2.32. The second-order valence-corrected chi connectivity index (χ2v) is 10.7. The Bertz CT molecular complexity index is 1140. The normalized spacial score (nSPS) is 12.2. The van der Waals surface area contributed by atoms with Gasteiger partial charge < -0.3 is 10.2 Å². The van der Waals surface area contributed by atoms with Gasteiger partial charge >= 0.3 is 0 Å². The first-order valence-corrected chi connectivity index (χ1v) is 13.1. The van der Waals surface area contributed by atoms with E-state index in [1.165, 1.54) is 4.90 Å². The van der Waals surface area contributed by atoms with E-state index in [9.17, 15) is 18.0 Å². The molecule has 7 nitrogen and oxygen atoms in total. The summed E-state index contributed by atoms with van der Waals surface area (Å²) in [6.45, 7) is 4.98. The Balaban J connectivity index is 2.43. The molecule has 0 aliphatic carbocycles. The zero-order valence-corrected chi connectivity index (χ0v) is 21.8. The molecule has 2 aromatic rings. The van der Waals surface area contributed by atoms with Gasteiger partial charge in [-0.15, -0.1) is 0 Å². The standard InChI is InChI=1S/C22H26Cl3N3O4S/c1-5-26-22(30)15(3)27(12-16-6-8-18(24)19(25)11-16)21(29)13-28(33(4,31)32)20-9-7-17(23)10-14(20)2/h6-11,15H,5,12-13H2,1-4H3,(H,26,30)/t15-/m1/s1. The number of hydrogen-bond acceptors (Lipinski definition) is 4. The fourth-order valence-corrected chi connectivity index (χ4v) is 4.69. The molecule has 0 bridgehead atoms. The largest absolute Gasteiger partial charge is 0.355 e. The number of hydrogen-bond donors (Lipinski definition) is 1. The summed E-state index contributed by atoms with van der Waals surface area (Å²) in [6, 6.07) is 8.74. The molecule has 0 radical (unpaired) electrons. The number of sulfonamides is 1. The zero-order valence-electron chi connectivity index (χ0n) is 18.7. The van der Waals surface area contributed by atoms with Crippen molar-refractivity contribution >= 4 is 62.3 Å². The Labute approximate surface area is 209 Å². The number of rotatable bonds is 9. The average Bonchev–Trinajstić information content (AvgIpc) is 2.72. The van der Waals surface area contributed by atoms with Crippen LogP contribution in [-0.2, 0) is 26.2 Å². The molecule has 2 aromatic carbocycles. The van der Waals surface area contributed by atoms with E-state index in [1.54, 1.807) is 57.2 Å². The third-order valence-corrected chi connectivity index (χ3v) is 7.06. The Kier molecular flexibility index (Phi) is 9.43. The number of carbonyl (C=O) groups is 2. The minimum absolute atomic E-state index is 0.0330. The van der Waals surface area contributed by atoms with Crippen LogP contribution in [0.4, 0.5) is 5.69 Å². The number of nitrogens with one attached hydrogen (secondary N) is 1. The molecule has 0 unspecified atom stereocenters. The Morgan fingerprint density at radius 1 is 1.06 bits per heavy atom. The van der Waals surface area contributed by atoms with Gasteiger partial charge in [-0.25, -0.2) is 8.42 Å². The molecule has 1 atom stereocenters. The van der Waals surface area contributed by atoms with Crippen molar-refractivity contribution in [1.29, 1.82) is 0 Å². The third-order valence-electron chi connectivity index (χ3n) is 4.96. The van der Waals surface area contributed by atoms with E-state index in [4.69, 9.17) is 34.8 Å². The van der Waals surface area contributed by atoms with E-state index in [0.29, 0.717) is 38.4 Å². The molecule has 0 fully saturated rings. The van der Waals surface area contributed by atoms with Gasteiger partial charge in [0, 0.05) is 18.1 Å². The molecular formula is C22H26Cl3N3O4S. The van der Waals surface area contributed by atoms with Gasteiger partial charge in [-0.05, 0) is 62.2 Å². The fourth-order valence-electron chi connectivity index (χ4n) is 3.23. The van der Waals surface area contributed by atoms with Gasteiger partial charge in [0.1, 0.15) is 12.6 Å². The van der Waals surface area contributed by atoms with E-state index >= 15 is 0 Å². The Hall–Kier alpha value is -2.00. The van der Waals surface area contributed by atoms with Crippen molar-refractivity contribution in [3.05, 3.63) is 62.6 Å². The van der Waals surface area contributed by atoms with Crippen LogP contribution in [0.2, 0.25) is 15.1 Å². The number of amides is 2. The lowest BCUT2D eigenvalue weighted by atomic mass is 10.1. The molecular weight excluding hydrogens is 509 g/mol. The molecule has 2 amide bonds. The second-order valence-electron chi connectivity index (χ2n) is 7.54. The SMILES string of the molecule is CCNC(=O)[C@@H](C)N(Cc1ccc(Cl)c(Cl)c1)C(=O)CN(c1ccc(Cl)cc1C)S(C)(=O)=O. The maximum absolute atomic E-state index is 13.4. The van der Waals surface area contributed by atoms with Crippen LogP contribution in [0.5, 0.6) is 0 Å². The summed E-state index contributed by atoms with van der Waals surface area (Å²) in [4.78, 5) is 27.3. The highest BCUT2D eigenvalue weighted by atomic mass is 35.5. The predicted octanol–water partition coefficient (Wildman–Crippen LogP) is 4.27. The number of benzene rings is 2. The van der Waals surface area contributed by atoms with E-state index in [0.717, 1.165) is 10.6 Å². The highest BCUT2D eigenvalue weighted by Gasteiger charge is 2.30. The van der Waals surface area contributed by atoms with Gasteiger partial charge in [0.05, 0.1) is 22.0 Å². The lowest BCUT2D eigenvalue weighted by molar-refractivity contribution is -0.139. The van der Waals surface area contributed by atoms with Crippen molar-refractivity contribution in [2.45, 2.75) is 33.4 Å². The summed E-state index contributed by atoms with van der Waals surface area (Å²) in [6.07, 6.45) is 1.02. The van der Waals surface area contributed by atoms with Crippen molar-refractivity contribution in [3.63, 3.8) is 0 Å². The molecule has 2 rings (SSSR count). The van der Waals surface area contributed by atoms with E-state index in [-0.39, 0.29) is 12.5 Å². The van der Waals surface area contributed by atoms with Crippen LogP contribution in [0.15, 0.2) is 36.4 Å². The van der Waals surface area contributed by atoms with Crippen LogP contribution in [0.3, 0.4) is 0 Å². The van der Waals surface area contributed by atoms with Gasteiger partial charge in [-0.3, -0.25) is 13.9 Å². The van der Waals surface area contributed by atoms with Crippen molar-refractivity contribution < 1.29 is 18.0 Å². The quantitative estimate of drug-likeness (QED) is 0.520. The Morgan fingerprint density at radius 2 is 1.73 bits per heavy atom. The summed E-state index contributed by atoms with van der Waals surface area (Å²) in [5.74, 6) is -0.918. The maximum atomic E-state index is 13.4. The summed E-state index contributed by atoms with van der Waals surface area (Å²) in [5.41, 5.74) is 1.56. The van der Waals surface area contributed by atoms with Gasteiger partial charge in [-0.1, -0.05) is 40.9 Å². The van der Waals surface area contributed by atoms with E-state index in [2.05, 4.69) is 5.32 Å². The first-order chi connectivity index (χ1) is 15.3. The van der Waals surface area contributed by atoms with Crippen molar-refractivity contribution in [2.75, 3.05) is 23.7 Å². The first-order valence-electron chi connectivity index (χ1n) is 10.1. The van der Waals surface area contributed by atoms with Gasteiger partial charge in [0.15, 0.2) is 0 Å². The summed E-state index contributed by atoms with van der Waals surface area (Å²) in [7, 11) is -3.82. The zero-order chi connectivity index (χ0) is 24.9. The van der Waals surface area contributed by atoms with Crippen molar-refractivity contribution in [2.24, 2.45) is 0 Å². The molecule has 180 valence electrons. The molecule has 0 saturated carbocycles. The highest BCUT2D eigenvalue weighted by molar-refractivity contribution is 7.92. The number of nitrogens with zero attached hydrogens (tertiary/aromatic N) is 2.